The summed E-state index contributed by atoms with van der Waals surface area (Å²) in [5, 5.41) is 7.27. The molecule has 0 radical (unpaired) electrons. The maximum atomic E-state index is 6.02. The number of hydrogen-bond acceptors (Lipinski definition) is 3. The Kier molecular flexibility index (Phi) is 6.55. The summed E-state index contributed by atoms with van der Waals surface area (Å²) in [6.07, 6.45) is 7.51. The minimum absolute atomic E-state index is 0.391. The van der Waals surface area contributed by atoms with E-state index in [0.29, 0.717) is 17.3 Å². The second kappa shape index (κ2) is 9.49. The van der Waals surface area contributed by atoms with Gasteiger partial charge in [-0.2, -0.15) is 0 Å². The van der Waals surface area contributed by atoms with Gasteiger partial charge in [-0.05, 0) is 93.6 Å². The molecule has 4 nitrogen and oxygen atoms in total. The molecule has 0 spiro atoms. The molecule has 0 amide bonds. The molecule has 1 aliphatic heterocycles. The van der Waals surface area contributed by atoms with E-state index >= 15 is 0 Å². The second-order valence-electron chi connectivity index (χ2n) is 8.16. The van der Waals surface area contributed by atoms with Crippen molar-refractivity contribution in [2.75, 3.05) is 23.3 Å². The lowest BCUT2D eigenvalue weighted by molar-refractivity contribution is 0.210. The van der Waals surface area contributed by atoms with Crippen LogP contribution in [0.25, 0.3) is 0 Å². The average molecular weight is 410 g/mol. The first kappa shape index (κ1) is 20.0. The molecule has 1 saturated carbocycles. The van der Waals surface area contributed by atoms with Crippen molar-refractivity contribution in [3.63, 3.8) is 0 Å². The van der Waals surface area contributed by atoms with Gasteiger partial charge < -0.3 is 20.3 Å². The number of nitrogens with one attached hydrogen (secondary N) is 2. The van der Waals surface area contributed by atoms with E-state index in [1.165, 1.54) is 36.9 Å². The van der Waals surface area contributed by atoms with Crippen LogP contribution in [0.15, 0.2) is 48.5 Å². The number of fused-ring (bicyclic) bond motifs is 1. The summed E-state index contributed by atoms with van der Waals surface area (Å²) >= 11 is 5.45. The average Bonchev–Trinajstić information content (AvgIpc) is 3.34. The van der Waals surface area contributed by atoms with E-state index in [4.69, 9.17) is 17.0 Å². The summed E-state index contributed by atoms with van der Waals surface area (Å²) in [4.78, 5) is 2.51. The van der Waals surface area contributed by atoms with E-state index in [-0.39, 0.29) is 0 Å². The summed E-state index contributed by atoms with van der Waals surface area (Å²) in [7, 11) is 0. The van der Waals surface area contributed by atoms with Crippen LogP contribution in [0.2, 0.25) is 0 Å². The van der Waals surface area contributed by atoms with Crippen molar-refractivity contribution in [3.8, 4) is 5.75 Å². The van der Waals surface area contributed by atoms with Crippen LogP contribution in [-0.2, 0) is 6.42 Å². The fraction of sp³-hybridized carbons (Fsp3) is 0.458. The lowest BCUT2D eigenvalue weighted by atomic mass is 10.1. The van der Waals surface area contributed by atoms with Crippen molar-refractivity contribution in [1.82, 2.24) is 5.32 Å². The third-order valence-electron chi connectivity index (χ3n) is 5.93. The van der Waals surface area contributed by atoms with Crippen molar-refractivity contribution < 1.29 is 4.74 Å². The fourth-order valence-electron chi connectivity index (χ4n) is 4.41. The van der Waals surface area contributed by atoms with E-state index in [0.717, 1.165) is 37.4 Å². The highest BCUT2D eigenvalue weighted by Gasteiger charge is 2.24. The normalized spacial score (nSPS) is 18.5. The van der Waals surface area contributed by atoms with Crippen LogP contribution in [0.5, 0.6) is 5.75 Å². The molecule has 0 saturated heterocycles. The van der Waals surface area contributed by atoms with Gasteiger partial charge >= 0.3 is 0 Å². The van der Waals surface area contributed by atoms with Crippen molar-refractivity contribution in [2.24, 2.45) is 0 Å². The molecule has 0 unspecified atom stereocenters. The summed E-state index contributed by atoms with van der Waals surface area (Å²) < 4.78 is 6.02. The van der Waals surface area contributed by atoms with Gasteiger partial charge in [0.2, 0.25) is 0 Å². The molecular weight excluding hydrogens is 378 g/mol. The van der Waals surface area contributed by atoms with Crippen LogP contribution < -0.4 is 20.3 Å². The molecule has 0 bridgehead atoms. The molecule has 1 atom stereocenters. The fourth-order valence-corrected chi connectivity index (χ4v) is 4.63. The summed E-state index contributed by atoms with van der Waals surface area (Å²) in [5.74, 6) is 0.946. The van der Waals surface area contributed by atoms with Crippen LogP contribution in [0.3, 0.4) is 0 Å². The van der Waals surface area contributed by atoms with Crippen LogP contribution in [0.4, 0.5) is 11.4 Å². The zero-order valence-corrected chi connectivity index (χ0v) is 18.0. The lowest BCUT2D eigenvalue weighted by Gasteiger charge is -2.25. The highest BCUT2D eigenvalue weighted by atomic mass is 32.1. The van der Waals surface area contributed by atoms with Gasteiger partial charge in [-0.3, -0.25) is 0 Å². The van der Waals surface area contributed by atoms with Gasteiger partial charge in [0.15, 0.2) is 5.11 Å². The smallest absolute Gasteiger partial charge is 0.170 e. The van der Waals surface area contributed by atoms with E-state index in [9.17, 15) is 0 Å². The number of hydrogen-bond donors (Lipinski definition) is 2. The number of ether oxygens (including phenoxy) is 1. The minimum Gasteiger partial charge on any atom is -0.490 e. The first-order valence-corrected chi connectivity index (χ1v) is 11.3. The van der Waals surface area contributed by atoms with Gasteiger partial charge in [0, 0.05) is 30.5 Å². The Balaban J connectivity index is 1.17. The van der Waals surface area contributed by atoms with Crippen LogP contribution >= 0.6 is 12.2 Å². The van der Waals surface area contributed by atoms with Gasteiger partial charge in [0.05, 0.1) is 6.10 Å². The highest BCUT2D eigenvalue weighted by Crippen LogP contribution is 2.31. The van der Waals surface area contributed by atoms with Gasteiger partial charge in [-0.1, -0.05) is 18.2 Å². The maximum absolute atomic E-state index is 6.02. The zero-order valence-electron chi connectivity index (χ0n) is 17.2. The van der Waals surface area contributed by atoms with Crippen molar-refractivity contribution >= 4 is 28.7 Å². The predicted molar refractivity (Wildman–Crippen MR) is 125 cm³/mol. The first-order chi connectivity index (χ1) is 14.2. The number of anilines is 2. The molecule has 29 heavy (non-hydrogen) atoms. The van der Waals surface area contributed by atoms with Gasteiger partial charge in [-0.25, -0.2) is 0 Å². The highest BCUT2D eigenvalue weighted by molar-refractivity contribution is 7.80. The predicted octanol–water partition coefficient (Wildman–Crippen LogP) is 5.14. The molecule has 1 fully saturated rings. The number of rotatable bonds is 7. The quantitative estimate of drug-likeness (QED) is 0.489. The van der Waals surface area contributed by atoms with Gasteiger partial charge in [0.1, 0.15) is 5.75 Å². The molecular formula is C24H31N3OS. The molecule has 5 heteroatoms. The Bertz CT molecular complexity index is 817. The summed E-state index contributed by atoms with van der Waals surface area (Å²) in [6, 6.07) is 17.4. The molecule has 0 aromatic heterocycles. The Morgan fingerprint density at radius 1 is 1.10 bits per heavy atom. The Morgan fingerprint density at radius 2 is 1.86 bits per heavy atom. The molecule has 4 rings (SSSR count). The van der Waals surface area contributed by atoms with E-state index in [1.807, 2.05) is 24.3 Å². The van der Waals surface area contributed by atoms with E-state index < -0.39 is 0 Å². The summed E-state index contributed by atoms with van der Waals surface area (Å²) in [6.45, 7) is 4.21. The molecule has 2 aromatic rings. The molecule has 154 valence electrons. The second-order valence-corrected chi connectivity index (χ2v) is 8.57. The largest absolute Gasteiger partial charge is 0.490 e. The Labute approximate surface area is 179 Å². The molecule has 2 N–H and O–H groups in total. The Morgan fingerprint density at radius 3 is 2.66 bits per heavy atom. The standard InChI is InChI=1S/C24H31N3OS/c1-18-17-19-7-2-5-10-23(19)27(18)16-6-15-25-24(29)26-20-11-13-22(14-12-20)28-21-8-3-4-9-21/h2,5,7,10-14,18,21H,3-4,6,8-9,15-17H2,1H3,(H2,25,26,29)/t18-/m0/s1. The SMILES string of the molecule is C[C@H]1Cc2ccccc2N1CCCNC(=S)Nc1ccc(OC2CCCC2)cc1. The number of nitrogens with zero attached hydrogens (tertiary/aromatic N) is 1. The topological polar surface area (TPSA) is 36.5 Å². The molecule has 1 heterocycles. The monoisotopic (exact) mass is 409 g/mol. The number of thiocarbonyl (C=S) groups is 1. The van der Waals surface area contributed by atoms with Crippen LogP contribution in [0, 0.1) is 0 Å². The molecule has 2 aliphatic rings. The van der Waals surface area contributed by atoms with Gasteiger partial charge in [0.25, 0.3) is 0 Å². The zero-order chi connectivity index (χ0) is 20.1. The van der Waals surface area contributed by atoms with Crippen LogP contribution in [0.1, 0.15) is 44.6 Å². The van der Waals surface area contributed by atoms with Gasteiger partial charge in [-0.15, -0.1) is 0 Å². The van der Waals surface area contributed by atoms with E-state index in [1.54, 1.807) is 0 Å². The molecule has 1 aliphatic carbocycles. The number of para-hydroxylation sites is 1. The first-order valence-electron chi connectivity index (χ1n) is 10.8. The maximum Gasteiger partial charge on any atom is 0.170 e. The van der Waals surface area contributed by atoms with E-state index in [2.05, 4.69) is 46.7 Å². The third-order valence-corrected chi connectivity index (χ3v) is 6.17. The minimum atomic E-state index is 0.391. The Hall–Kier alpha value is -2.27. The lowest BCUT2D eigenvalue weighted by Crippen LogP contribution is -2.34. The van der Waals surface area contributed by atoms with Crippen molar-refractivity contribution in [3.05, 3.63) is 54.1 Å². The summed E-state index contributed by atoms with van der Waals surface area (Å²) in [5.41, 5.74) is 3.84. The van der Waals surface area contributed by atoms with Crippen molar-refractivity contribution in [1.29, 1.82) is 0 Å². The molecule has 2 aromatic carbocycles. The third kappa shape index (κ3) is 5.21. The number of benzene rings is 2. The van der Waals surface area contributed by atoms with Crippen molar-refractivity contribution in [2.45, 2.75) is 57.6 Å². The van der Waals surface area contributed by atoms with Crippen LogP contribution in [-0.4, -0.2) is 30.3 Å².